The predicted molar refractivity (Wildman–Crippen MR) is 170 cm³/mol. The van der Waals surface area contributed by atoms with Crippen molar-refractivity contribution in [3.05, 3.63) is 128 Å². The van der Waals surface area contributed by atoms with Crippen LogP contribution in [-0.2, 0) is 6.42 Å². The Labute approximate surface area is 246 Å². The minimum atomic E-state index is -0.137. The van der Waals surface area contributed by atoms with Crippen molar-refractivity contribution < 1.29 is 13.6 Å². The summed E-state index contributed by atoms with van der Waals surface area (Å²) >= 11 is 0. The standard InChI is InChI=1S/C37H27NO5/c1-20-27-18-38-19-28(32(20)27)33-25(14-15-26-35(39)24-13-12-22(41-2)17-30(24)43-37(26)33)34-31(16-21-8-4-3-5-9-21)42-29-11-7-6-10-23(29)36(34)40/h3-15,17-20,27,32H,16H2,1-2H3. The Morgan fingerprint density at radius 2 is 1.56 bits per heavy atom. The Bertz CT molecular complexity index is 2280. The van der Waals surface area contributed by atoms with E-state index in [-0.39, 0.29) is 16.8 Å². The van der Waals surface area contributed by atoms with Gasteiger partial charge in [0.15, 0.2) is 0 Å². The Morgan fingerprint density at radius 3 is 2.40 bits per heavy atom. The van der Waals surface area contributed by atoms with Gasteiger partial charge in [-0.25, -0.2) is 0 Å². The van der Waals surface area contributed by atoms with Crippen LogP contribution in [0.1, 0.15) is 23.8 Å². The van der Waals surface area contributed by atoms with E-state index in [1.807, 2.05) is 67.0 Å². The van der Waals surface area contributed by atoms with Gasteiger partial charge in [0.2, 0.25) is 10.9 Å². The maximum atomic E-state index is 14.4. The molecule has 3 unspecified atom stereocenters. The molecule has 0 saturated heterocycles. The van der Waals surface area contributed by atoms with Gasteiger partial charge in [-0.15, -0.1) is 0 Å². The van der Waals surface area contributed by atoms with Crippen LogP contribution in [0.15, 0.2) is 115 Å². The number of aliphatic imine (C=N–C) groups is 1. The summed E-state index contributed by atoms with van der Waals surface area (Å²) in [6, 6.07) is 26.1. The number of nitrogens with zero attached hydrogens (tertiary/aromatic N) is 1. The van der Waals surface area contributed by atoms with E-state index in [0.29, 0.717) is 79.4 Å². The smallest absolute Gasteiger partial charge is 0.200 e. The number of hydrogen-bond donors (Lipinski definition) is 0. The van der Waals surface area contributed by atoms with Crippen molar-refractivity contribution in [3.8, 4) is 16.9 Å². The van der Waals surface area contributed by atoms with E-state index in [1.54, 1.807) is 37.4 Å². The summed E-state index contributed by atoms with van der Waals surface area (Å²) in [4.78, 5) is 32.9. The van der Waals surface area contributed by atoms with Gasteiger partial charge in [-0.05, 0) is 53.3 Å². The van der Waals surface area contributed by atoms with Crippen LogP contribution in [0.5, 0.6) is 5.75 Å². The van der Waals surface area contributed by atoms with E-state index >= 15 is 0 Å². The average molecular weight is 566 g/mol. The first-order valence-electron chi connectivity index (χ1n) is 14.4. The molecule has 2 aromatic heterocycles. The Balaban J connectivity index is 1.50. The van der Waals surface area contributed by atoms with Crippen LogP contribution in [0.3, 0.4) is 0 Å². The quantitative estimate of drug-likeness (QED) is 0.201. The molecule has 0 N–H and O–H groups in total. The lowest BCUT2D eigenvalue weighted by Gasteiger charge is -2.18. The van der Waals surface area contributed by atoms with Gasteiger partial charge in [-0.2, -0.15) is 0 Å². The highest BCUT2D eigenvalue weighted by Crippen LogP contribution is 2.56. The first-order valence-corrected chi connectivity index (χ1v) is 14.4. The third kappa shape index (κ3) is 3.97. The number of hydrogen-bond acceptors (Lipinski definition) is 6. The summed E-state index contributed by atoms with van der Waals surface area (Å²) in [6.07, 6.45) is 4.27. The van der Waals surface area contributed by atoms with Crippen molar-refractivity contribution in [2.45, 2.75) is 13.3 Å². The Kier molecular flexibility index (Phi) is 5.73. The number of benzene rings is 4. The lowest BCUT2D eigenvalue weighted by molar-refractivity contribution is 0.414. The molecule has 8 rings (SSSR count). The van der Waals surface area contributed by atoms with E-state index in [2.05, 4.69) is 11.9 Å². The first-order chi connectivity index (χ1) is 21.0. The number of para-hydroxylation sites is 1. The molecule has 1 saturated carbocycles. The second kappa shape index (κ2) is 9.66. The van der Waals surface area contributed by atoms with Crippen molar-refractivity contribution in [3.63, 3.8) is 0 Å². The van der Waals surface area contributed by atoms with Crippen LogP contribution in [0.25, 0.3) is 49.6 Å². The minimum Gasteiger partial charge on any atom is -0.497 e. The molecular weight excluding hydrogens is 538 g/mol. The van der Waals surface area contributed by atoms with Crippen molar-refractivity contribution in [2.75, 3.05) is 7.11 Å². The highest BCUT2D eigenvalue weighted by molar-refractivity contribution is 6.03. The molecule has 3 heterocycles. The van der Waals surface area contributed by atoms with Gasteiger partial charge in [0.1, 0.15) is 28.3 Å². The first kappa shape index (κ1) is 25.5. The summed E-state index contributed by atoms with van der Waals surface area (Å²) in [5.74, 6) is 2.03. The molecule has 6 nitrogen and oxygen atoms in total. The third-order valence-electron chi connectivity index (χ3n) is 8.96. The fourth-order valence-electron chi connectivity index (χ4n) is 6.64. The van der Waals surface area contributed by atoms with Gasteiger partial charge in [0, 0.05) is 41.9 Å². The Hall–Kier alpha value is -5.23. The third-order valence-corrected chi connectivity index (χ3v) is 8.96. The number of allylic oxidation sites excluding steroid dienone is 1. The van der Waals surface area contributed by atoms with Crippen LogP contribution >= 0.6 is 0 Å². The molecule has 6 aromatic rings. The minimum absolute atomic E-state index is 0.126. The molecule has 1 aliphatic carbocycles. The topological polar surface area (TPSA) is 82.0 Å². The van der Waals surface area contributed by atoms with Gasteiger partial charge in [0.05, 0.1) is 28.8 Å². The summed E-state index contributed by atoms with van der Waals surface area (Å²) in [7, 11) is 1.58. The molecule has 0 amide bonds. The van der Waals surface area contributed by atoms with Crippen molar-refractivity contribution in [2.24, 2.45) is 22.7 Å². The molecule has 210 valence electrons. The second-order valence-electron chi connectivity index (χ2n) is 11.4. The molecule has 2 aliphatic rings. The van der Waals surface area contributed by atoms with Gasteiger partial charge in [-0.3, -0.25) is 14.6 Å². The molecule has 0 bridgehead atoms. The van der Waals surface area contributed by atoms with Gasteiger partial charge in [-0.1, -0.05) is 55.5 Å². The molecule has 1 fully saturated rings. The van der Waals surface area contributed by atoms with Crippen LogP contribution in [-0.4, -0.2) is 13.3 Å². The molecule has 3 atom stereocenters. The molecular formula is C37H27NO5. The normalized spacial score (nSPS) is 19.0. The van der Waals surface area contributed by atoms with Crippen LogP contribution in [0, 0.1) is 17.8 Å². The van der Waals surface area contributed by atoms with E-state index in [1.165, 1.54) is 0 Å². The predicted octanol–water partition coefficient (Wildman–Crippen LogP) is 7.63. The zero-order chi connectivity index (χ0) is 29.2. The zero-order valence-corrected chi connectivity index (χ0v) is 23.7. The molecule has 0 radical (unpaired) electrons. The summed E-state index contributed by atoms with van der Waals surface area (Å²) in [6.45, 7) is 2.20. The fourth-order valence-corrected chi connectivity index (χ4v) is 6.64. The van der Waals surface area contributed by atoms with E-state index in [9.17, 15) is 9.59 Å². The Morgan fingerprint density at radius 1 is 0.791 bits per heavy atom. The summed E-state index contributed by atoms with van der Waals surface area (Å²) < 4.78 is 18.5. The summed E-state index contributed by atoms with van der Waals surface area (Å²) in [5, 5.41) is 1.42. The fraction of sp³-hybridized carbons (Fsp3) is 0.162. The van der Waals surface area contributed by atoms with Crippen LogP contribution < -0.4 is 15.6 Å². The second-order valence-corrected chi connectivity index (χ2v) is 11.4. The van der Waals surface area contributed by atoms with Crippen LogP contribution in [0.2, 0.25) is 0 Å². The molecule has 4 aromatic carbocycles. The van der Waals surface area contributed by atoms with Gasteiger partial charge in [0.25, 0.3) is 0 Å². The highest BCUT2D eigenvalue weighted by atomic mass is 16.5. The largest absolute Gasteiger partial charge is 0.497 e. The zero-order valence-electron chi connectivity index (χ0n) is 23.7. The van der Waals surface area contributed by atoms with Crippen molar-refractivity contribution >= 4 is 44.7 Å². The summed E-state index contributed by atoms with van der Waals surface area (Å²) in [5.41, 5.74) is 4.96. The highest BCUT2D eigenvalue weighted by Gasteiger charge is 2.50. The SMILES string of the molecule is COc1ccc2c(=O)c3ccc(-c4c(Cc5ccccc5)oc5ccccc5c4=O)c(C4=CN=CC5C(C)C45)c3oc2c1. The van der Waals surface area contributed by atoms with Gasteiger partial charge >= 0.3 is 0 Å². The maximum Gasteiger partial charge on any atom is 0.200 e. The van der Waals surface area contributed by atoms with E-state index in [4.69, 9.17) is 13.6 Å². The van der Waals surface area contributed by atoms with Crippen molar-refractivity contribution in [1.29, 1.82) is 0 Å². The van der Waals surface area contributed by atoms with Crippen LogP contribution in [0.4, 0.5) is 0 Å². The average Bonchev–Trinajstić information content (AvgIpc) is 3.71. The monoisotopic (exact) mass is 565 g/mol. The molecule has 43 heavy (non-hydrogen) atoms. The van der Waals surface area contributed by atoms with E-state index < -0.39 is 0 Å². The lowest BCUT2D eigenvalue weighted by atomic mass is 9.87. The number of rotatable bonds is 5. The number of methoxy groups -OCH3 is 1. The maximum absolute atomic E-state index is 14.4. The van der Waals surface area contributed by atoms with Gasteiger partial charge < -0.3 is 13.6 Å². The molecule has 1 aliphatic heterocycles. The molecule has 6 heteroatoms. The van der Waals surface area contributed by atoms with E-state index in [0.717, 1.165) is 11.1 Å². The number of ether oxygens (including phenoxy) is 1. The molecule has 0 spiro atoms. The lowest BCUT2D eigenvalue weighted by Crippen LogP contribution is -2.13. The number of fused-ring (bicyclic) bond motifs is 4. The van der Waals surface area contributed by atoms with Crippen molar-refractivity contribution in [1.82, 2.24) is 0 Å².